The van der Waals surface area contributed by atoms with Gasteiger partial charge in [0.2, 0.25) is 5.91 Å². The number of nitrogens with one attached hydrogen (secondary N) is 2. The molecule has 27 heavy (non-hydrogen) atoms. The molecule has 8 heteroatoms. The van der Waals surface area contributed by atoms with E-state index in [-0.39, 0.29) is 23.6 Å². The van der Waals surface area contributed by atoms with Crippen molar-refractivity contribution in [1.82, 2.24) is 15.6 Å². The number of carbonyl (C=O) groups is 2. The minimum Gasteiger partial charge on any atom is -0.467 e. The SMILES string of the molecule is CSc1nc(C2CC2)cc(C(=O)NC(C)C(=O)NCc2ccco2)c1C#N. The lowest BCUT2D eigenvalue weighted by Crippen LogP contribution is -2.44. The van der Waals surface area contributed by atoms with E-state index in [2.05, 4.69) is 21.7 Å². The molecule has 0 bridgehead atoms. The Labute approximate surface area is 161 Å². The van der Waals surface area contributed by atoms with Gasteiger partial charge in [0.1, 0.15) is 22.9 Å². The Kier molecular flexibility index (Phi) is 5.81. The second-order valence-electron chi connectivity index (χ2n) is 6.36. The van der Waals surface area contributed by atoms with Crippen LogP contribution in [0.4, 0.5) is 0 Å². The van der Waals surface area contributed by atoms with E-state index >= 15 is 0 Å². The summed E-state index contributed by atoms with van der Waals surface area (Å²) < 4.78 is 5.16. The fourth-order valence-electron chi connectivity index (χ4n) is 2.64. The highest BCUT2D eigenvalue weighted by molar-refractivity contribution is 7.98. The predicted molar refractivity (Wildman–Crippen MR) is 100 cm³/mol. The van der Waals surface area contributed by atoms with E-state index in [9.17, 15) is 14.9 Å². The largest absolute Gasteiger partial charge is 0.467 e. The molecule has 0 aliphatic heterocycles. The summed E-state index contributed by atoms with van der Waals surface area (Å²) in [6.45, 7) is 1.84. The van der Waals surface area contributed by atoms with Crippen LogP contribution in [0.3, 0.4) is 0 Å². The lowest BCUT2D eigenvalue weighted by atomic mass is 10.1. The lowest BCUT2D eigenvalue weighted by molar-refractivity contribution is -0.122. The van der Waals surface area contributed by atoms with Crippen LogP contribution in [-0.4, -0.2) is 29.1 Å². The first-order valence-corrected chi connectivity index (χ1v) is 9.86. The van der Waals surface area contributed by atoms with E-state index in [1.54, 1.807) is 25.1 Å². The van der Waals surface area contributed by atoms with Crippen LogP contribution >= 0.6 is 11.8 Å². The zero-order valence-corrected chi connectivity index (χ0v) is 15.9. The number of aromatic nitrogens is 1. The number of nitrogens with zero attached hydrogens (tertiary/aromatic N) is 2. The summed E-state index contributed by atoms with van der Waals surface area (Å²) in [5.74, 6) is 0.192. The van der Waals surface area contributed by atoms with Crippen LogP contribution in [0.2, 0.25) is 0 Å². The molecule has 1 aliphatic rings. The van der Waals surface area contributed by atoms with Crippen molar-refractivity contribution in [3.63, 3.8) is 0 Å². The number of carbonyl (C=O) groups excluding carboxylic acids is 2. The molecule has 0 aromatic carbocycles. The molecule has 140 valence electrons. The minimum absolute atomic E-state index is 0.243. The summed E-state index contributed by atoms with van der Waals surface area (Å²) in [7, 11) is 0. The van der Waals surface area contributed by atoms with Gasteiger partial charge in [-0.3, -0.25) is 9.59 Å². The molecule has 1 fully saturated rings. The van der Waals surface area contributed by atoms with Crippen LogP contribution in [0.1, 0.15) is 53.1 Å². The predicted octanol–water partition coefficient (Wildman–Crippen LogP) is 2.58. The van der Waals surface area contributed by atoms with Gasteiger partial charge in [-0.15, -0.1) is 11.8 Å². The van der Waals surface area contributed by atoms with Crippen molar-refractivity contribution in [3.8, 4) is 6.07 Å². The van der Waals surface area contributed by atoms with Gasteiger partial charge in [0.25, 0.3) is 5.91 Å². The van der Waals surface area contributed by atoms with Gasteiger partial charge in [0, 0.05) is 11.6 Å². The number of furan rings is 1. The molecule has 2 aromatic rings. The number of hydrogen-bond acceptors (Lipinski definition) is 6. The van der Waals surface area contributed by atoms with E-state index in [1.165, 1.54) is 18.0 Å². The summed E-state index contributed by atoms with van der Waals surface area (Å²) in [4.78, 5) is 29.5. The number of pyridine rings is 1. The third-order valence-electron chi connectivity index (χ3n) is 4.31. The molecule has 2 aromatic heterocycles. The number of rotatable bonds is 7. The second kappa shape index (κ2) is 8.27. The topological polar surface area (TPSA) is 108 Å². The molecule has 1 saturated carbocycles. The van der Waals surface area contributed by atoms with E-state index in [0.29, 0.717) is 16.7 Å². The standard InChI is InChI=1S/C19H20N4O3S/c1-11(17(24)21-10-13-4-3-7-26-13)22-18(25)14-8-16(12-5-6-12)23-19(27-2)15(14)9-20/h3-4,7-8,11-12H,5-6,10H2,1-2H3,(H,21,24)(H,22,25). The van der Waals surface area contributed by atoms with Crippen LogP contribution < -0.4 is 10.6 Å². The van der Waals surface area contributed by atoms with E-state index in [0.717, 1.165) is 18.5 Å². The Morgan fingerprint density at radius 3 is 2.85 bits per heavy atom. The molecule has 2 N–H and O–H groups in total. The van der Waals surface area contributed by atoms with Crippen LogP contribution in [0.25, 0.3) is 0 Å². The highest BCUT2D eigenvalue weighted by Gasteiger charge is 2.29. The summed E-state index contributed by atoms with van der Waals surface area (Å²) in [6, 6.07) is 6.49. The van der Waals surface area contributed by atoms with Crippen molar-refractivity contribution in [2.45, 2.75) is 43.3 Å². The molecule has 1 aliphatic carbocycles. The molecule has 0 saturated heterocycles. The minimum atomic E-state index is -0.755. The van der Waals surface area contributed by atoms with E-state index in [1.807, 2.05) is 6.26 Å². The van der Waals surface area contributed by atoms with Crippen molar-refractivity contribution in [2.24, 2.45) is 0 Å². The molecule has 1 atom stereocenters. The number of amides is 2. The van der Waals surface area contributed by atoms with Crippen LogP contribution in [0.15, 0.2) is 33.9 Å². The van der Waals surface area contributed by atoms with Crippen molar-refractivity contribution in [3.05, 3.63) is 47.0 Å². The summed E-state index contributed by atoms with van der Waals surface area (Å²) >= 11 is 1.34. The lowest BCUT2D eigenvalue weighted by Gasteiger charge is -2.15. The molecule has 2 amide bonds. The van der Waals surface area contributed by atoms with Crippen molar-refractivity contribution < 1.29 is 14.0 Å². The van der Waals surface area contributed by atoms with Gasteiger partial charge >= 0.3 is 0 Å². The normalized spacial score (nSPS) is 14.3. The van der Waals surface area contributed by atoms with Crippen molar-refractivity contribution in [1.29, 1.82) is 5.26 Å². The van der Waals surface area contributed by atoms with E-state index < -0.39 is 11.9 Å². The zero-order valence-electron chi connectivity index (χ0n) is 15.1. The summed E-state index contributed by atoms with van der Waals surface area (Å²) in [5.41, 5.74) is 1.34. The van der Waals surface area contributed by atoms with Crippen LogP contribution in [0.5, 0.6) is 0 Å². The third-order valence-corrected chi connectivity index (χ3v) is 4.99. The Balaban J connectivity index is 1.72. The Bertz CT molecular complexity index is 885. The van der Waals surface area contributed by atoms with Gasteiger partial charge in [-0.2, -0.15) is 5.26 Å². The number of nitriles is 1. The summed E-state index contributed by atoms with van der Waals surface area (Å²) in [5, 5.41) is 15.4. The molecule has 3 rings (SSSR count). The van der Waals surface area contributed by atoms with Gasteiger partial charge in [-0.05, 0) is 44.2 Å². The molecule has 2 heterocycles. The third kappa shape index (κ3) is 4.49. The second-order valence-corrected chi connectivity index (χ2v) is 7.15. The maximum atomic E-state index is 12.7. The highest BCUT2D eigenvalue weighted by atomic mass is 32.2. The van der Waals surface area contributed by atoms with Gasteiger partial charge in [0.15, 0.2) is 0 Å². The van der Waals surface area contributed by atoms with Crippen LogP contribution in [0, 0.1) is 11.3 Å². The highest BCUT2D eigenvalue weighted by Crippen LogP contribution is 2.40. The molecule has 7 nitrogen and oxygen atoms in total. The first-order chi connectivity index (χ1) is 13.0. The van der Waals surface area contributed by atoms with Gasteiger partial charge in [-0.25, -0.2) is 4.98 Å². The first-order valence-electron chi connectivity index (χ1n) is 8.63. The first kappa shape index (κ1) is 19.0. The average molecular weight is 384 g/mol. The molecule has 1 unspecified atom stereocenters. The van der Waals surface area contributed by atoms with Gasteiger partial charge in [0.05, 0.1) is 23.9 Å². The fourth-order valence-corrected chi connectivity index (χ4v) is 3.20. The quantitative estimate of drug-likeness (QED) is 0.711. The van der Waals surface area contributed by atoms with Gasteiger partial charge in [-0.1, -0.05) is 0 Å². The monoisotopic (exact) mass is 384 g/mol. The van der Waals surface area contributed by atoms with Crippen molar-refractivity contribution >= 4 is 23.6 Å². The fraction of sp³-hybridized carbons (Fsp3) is 0.368. The smallest absolute Gasteiger partial charge is 0.253 e. The molecular formula is C19H20N4O3S. The Hall–Kier alpha value is -2.79. The van der Waals surface area contributed by atoms with Crippen molar-refractivity contribution in [2.75, 3.05) is 6.26 Å². The Morgan fingerprint density at radius 2 is 2.26 bits per heavy atom. The molecule has 0 spiro atoms. The van der Waals surface area contributed by atoms with E-state index in [4.69, 9.17) is 4.42 Å². The average Bonchev–Trinajstić information content (AvgIpc) is 3.40. The van der Waals surface area contributed by atoms with Crippen LogP contribution in [-0.2, 0) is 11.3 Å². The summed E-state index contributed by atoms with van der Waals surface area (Å²) in [6.07, 6.45) is 5.44. The Morgan fingerprint density at radius 1 is 1.48 bits per heavy atom. The molecular weight excluding hydrogens is 364 g/mol. The van der Waals surface area contributed by atoms with Gasteiger partial charge < -0.3 is 15.1 Å². The number of hydrogen-bond donors (Lipinski definition) is 2. The maximum absolute atomic E-state index is 12.7. The number of thioether (sulfide) groups is 1. The zero-order chi connectivity index (χ0) is 19.4. The molecule has 0 radical (unpaired) electrons. The maximum Gasteiger partial charge on any atom is 0.253 e.